The minimum absolute atomic E-state index is 0.698. The molecule has 1 aliphatic rings. The Labute approximate surface area is 182 Å². The van der Waals surface area contributed by atoms with E-state index in [2.05, 4.69) is 59.4 Å². The normalized spacial score (nSPS) is 18.0. The summed E-state index contributed by atoms with van der Waals surface area (Å²) in [6, 6.07) is 4.84. The van der Waals surface area contributed by atoms with E-state index in [0.717, 1.165) is 42.1 Å². The number of anilines is 1. The molecular weight excluding hydrogens is 404 g/mol. The first-order valence-electron chi connectivity index (χ1n) is 10.2. The molecule has 0 aromatic carbocycles. The van der Waals surface area contributed by atoms with Crippen LogP contribution in [0.25, 0.3) is 0 Å². The fraction of sp³-hybridized carbons (Fsp3) is 0.318. The summed E-state index contributed by atoms with van der Waals surface area (Å²) in [5.41, 5.74) is 6.75. The molecule has 6 nitrogen and oxygen atoms in total. The minimum atomic E-state index is -2.30. The standard InChI is InChI=1S/C22H34N6Si2/c1-7-13-29(14-8-2,15-9-3)22(23)24-19-20-21(25-22)28(27-26-20)30(16-10-4,17-11-5)18-12-6/h7-12,19,25H,1-6,13-18,23H2. The smallest absolute Gasteiger partial charge is 0.201 e. The molecular formula is C22H34N6Si2. The Morgan fingerprint density at radius 1 is 0.867 bits per heavy atom. The fourth-order valence-electron chi connectivity index (χ4n) is 4.34. The predicted octanol–water partition coefficient (Wildman–Crippen LogP) is 4.63. The summed E-state index contributed by atoms with van der Waals surface area (Å²) in [4.78, 5) is 4.76. The van der Waals surface area contributed by atoms with Crippen LogP contribution in [0.1, 0.15) is 5.69 Å². The van der Waals surface area contributed by atoms with Crippen molar-refractivity contribution in [1.29, 1.82) is 0 Å². The monoisotopic (exact) mass is 438 g/mol. The molecule has 0 saturated heterocycles. The van der Waals surface area contributed by atoms with Gasteiger partial charge in [0.05, 0.1) is 6.21 Å². The van der Waals surface area contributed by atoms with Crippen molar-refractivity contribution in [1.82, 2.24) is 14.7 Å². The van der Waals surface area contributed by atoms with Gasteiger partial charge in [0, 0.05) is 0 Å². The van der Waals surface area contributed by atoms with Gasteiger partial charge < -0.3 is 5.32 Å². The Kier molecular flexibility index (Phi) is 7.88. The Hall–Kier alpha value is -2.56. The van der Waals surface area contributed by atoms with Gasteiger partial charge in [0.25, 0.3) is 0 Å². The molecule has 0 saturated carbocycles. The summed E-state index contributed by atoms with van der Waals surface area (Å²) in [7, 11) is -4.51. The van der Waals surface area contributed by atoms with Gasteiger partial charge in [-0.1, -0.05) is 41.7 Å². The van der Waals surface area contributed by atoms with Crippen LogP contribution in [0.5, 0.6) is 0 Å². The molecule has 2 rings (SSSR count). The number of aliphatic imine (C=N–C) groups is 1. The van der Waals surface area contributed by atoms with Gasteiger partial charge in [0.1, 0.15) is 19.6 Å². The van der Waals surface area contributed by atoms with Crippen molar-refractivity contribution in [3.05, 3.63) is 81.6 Å². The van der Waals surface area contributed by atoms with Gasteiger partial charge in [-0.15, -0.1) is 44.6 Å². The van der Waals surface area contributed by atoms with E-state index in [1.165, 1.54) is 0 Å². The molecule has 1 aromatic rings. The van der Waals surface area contributed by atoms with Gasteiger partial charge in [-0.25, -0.2) is 0 Å². The maximum absolute atomic E-state index is 7.00. The van der Waals surface area contributed by atoms with Crippen molar-refractivity contribution in [3.63, 3.8) is 0 Å². The average molecular weight is 439 g/mol. The highest BCUT2D eigenvalue weighted by Gasteiger charge is 2.51. The van der Waals surface area contributed by atoms with E-state index in [4.69, 9.17) is 10.7 Å². The molecule has 3 N–H and O–H groups in total. The molecule has 0 fully saturated rings. The van der Waals surface area contributed by atoms with E-state index in [1.807, 2.05) is 36.5 Å². The summed E-state index contributed by atoms with van der Waals surface area (Å²) in [5, 5.41) is 12.5. The first-order chi connectivity index (χ1) is 14.4. The van der Waals surface area contributed by atoms with E-state index in [0.29, 0.717) is 5.69 Å². The van der Waals surface area contributed by atoms with E-state index in [9.17, 15) is 0 Å². The Balaban J connectivity index is 2.63. The van der Waals surface area contributed by atoms with Gasteiger partial charge >= 0.3 is 0 Å². The SMILES string of the molecule is C=CC[Si](CC=C)(CC=C)n1nnc2c1NC(N)([Si](CC=C)(CC=C)CC=C)N=C2. The number of fused-ring (bicyclic) bond motifs is 1. The van der Waals surface area contributed by atoms with Gasteiger partial charge in [-0.3, -0.25) is 15.1 Å². The molecule has 8 heteroatoms. The second-order valence-electron chi connectivity index (χ2n) is 7.85. The number of rotatable bonds is 14. The average Bonchev–Trinajstić information content (AvgIpc) is 3.12. The summed E-state index contributed by atoms with van der Waals surface area (Å²) in [6.45, 7) is 23.9. The topological polar surface area (TPSA) is 81.1 Å². The molecule has 0 spiro atoms. The molecule has 0 radical (unpaired) electrons. The van der Waals surface area contributed by atoms with Crippen molar-refractivity contribution in [2.75, 3.05) is 5.32 Å². The summed E-state index contributed by atoms with van der Waals surface area (Å²) in [6.07, 6.45) is 13.4. The number of nitrogens with zero attached hydrogens (tertiary/aromatic N) is 4. The number of nitrogens with one attached hydrogen (secondary N) is 1. The molecule has 0 aliphatic carbocycles. The van der Waals surface area contributed by atoms with Crippen molar-refractivity contribution < 1.29 is 0 Å². The van der Waals surface area contributed by atoms with Crippen LogP contribution in [0.4, 0.5) is 5.82 Å². The summed E-state index contributed by atoms with van der Waals surface area (Å²) < 4.78 is 2.05. The van der Waals surface area contributed by atoms with Crippen LogP contribution in [-0.4, -0.2) is 42.6 Å². The molecule has 30 heavy (non-hydrogen) atoms. The zero-order valence-electron chi connectivity index (χ0n) is 17.9. The summed E-state index contributed by atoms with van der Waals surface area (Å²) in [5.74, 6) is 0.818. The van der Waals surface area contributed by atoms with E-state index in [1.54, 1.807) is 6.21 Å². The molecule has 2 heterocycles. The minimum Gasteiger partial charge on any atom is -0.336 e. The van der Waals surface area contributed by atoms with E-state index in [-0.39, 0.29) is 0 Å². The lowest BCUT2D eigenvalue weighted by Gasteiger charge is -2.45. The van der Waals surface area contributed by atoms with Crippen LogP contribution >= 0.6 is 0 Å². The Bertz CT molecular complexity index is 803. The lowest BCUT2D eigenvalue weighted by Crippen LogP contribution is -2.68. The lowest BCUT2D eigenvalue weighted by molar-refractivity contribution is 0.659. The van der Waals surface area contributed by atoms with Gasteiger partial charge in [-0.2, -0.15) is 0 Å². The third-order valence-corrected chi connectivity index (χ3v) is 15.3. The maximum atomic E-state index is 7.00. The van der Waals surface area contributed by atoms with Gasteiger partial charge in [0.2, 0.25) is 8.24 Å². The third kappa shape index (κ3) is 4.16. The van der Waals surface area contributed by atoms with Crippen LogP contribution in [-0.2, 0) is 0 Å². The largest absolute Gasteiger partial charge is 0.336 e. The molecule has 1 aromatic heterocycles. The highest BCUT2D eigenvalue weighted by molar-refractivity contribution is 6.84. The molecule has 0 bridgehead atoms. The van der Waals surface area contributed by atoms with Crippen LogP contribution in [0.3, 0.4) is 0 Å². The second-order valence-corrected chi connectivity index (χ2v) is 16.5. The van der Waals surface area contributed by atoms with Crippen molar-refractivity contribution in [2.24, 2.45) is 10.7 Å². The zero-order valence-corrected chi connectivity index (χ0v) is 19.9. The van der Waals surface area contributed by atoms with Crippen LogP contribution in [0.15, 0.2) is 80.9 Å². The highest BCUT2D eigenvalue weighted by atomic mass is 28.3. The highest BCUT2D eigenvalue weighted by Crippen LogP contribution is 2.38. The zero-order chi connectivity index (χ0) is 22.3. The van der Waals surface area contributed by atoms with Crippen LogP contribution in [0, 0.1) is 0 Å². The Morgan fingerprint density at radius 2 is 1.33 bits per heavy atom. The quantitative estimate of drug-likeness (QED) is 0.328. The first-order valence-corrected chi connectivity index (χ1v) is 15.3. The van der Waals surface area contributed by atoms with Crippen molar-refractivity contribution >= 4 is 28.3 Å². The number of hydrogen-bond acceptors (Lipinski definition) is 5. The number of nitrogens with two attached hydrogens (primary N) is 1. The third-order valence-electron chi connectivity index (χ3n) is 5.83. The predicted molar refractivity (Wildman–Crippen MR) is 135 cm³/mol. The van der Waals surface area contributed by atoms with Crippen molar-refractivity contribution in [3.8, 4) is 0 Å². The van der Waals surface area contributed by atoms with Gasteiger partial charge in [0.15, 0.2) is 5.41 Å². The Morgan fingerprint density at radius 3 is 1.77 bits per heavy atom. The lowest BCUT2D eigenvalue weighted by atomic mass is 10.4. The van der Waals surface area contributed by atoms with E-state index >= 15 is 0 Å². The van der Waals surface area contributed by atoms with E-state index < -0.39 is 21.7 Å². The van der Waals surface area contributed by atoms with Gasteiger partial charge in [-0.05, 0) is 36.3 Å². The molecule has 1 atom stereocenters. The fourth-order valence-corrected chi connectivity index (χ4v) is 11.7. The molecule has 160 valence electrons. The maximum Gasteiger partial charge on any atom is 0.201 e. The number of hydrogen-bond donors (Lipinski definition) is 2. The van der Waals surface area contributed by atoms with Crippen molar-refractivity contribution in [2.45, 2.75) is 41.7 Å². The summed E-state index contributed by atoms with van der Waals surface area (Å²) >= 11 is 0. The molecule has 1 unspecified atom stereocenters. The van der Waals surface area contributed by atoms with Crippen LogP contribution in [0.2, 0.25) is 36.3 Å². The number of allylic oxidation sites excluding steroid dienone is 6. The number of aromatic nitrogens is 3. The molecule has 0 amide bonds. The first kappa shape index (κ1) is 23.7. The van der Waals surface area contributed by atoms with Crippen LogP contribution < -0.4 is 11.1 Å². The second kappa shape index (κ2) is 9.97. The molecule has 1 aliphatic heterocycles.